The average molecular weight is 375 g/mol. The molecule has 1 unspecified atom stereocenters. The highest BCUT2D eigenvalue weighted by molar-refractivity contribution is 6.30. The lowest BCUT2D eigenvalue weighted by molar-refractivity contribution is -0.121. The molecule has 5 nitrogen and oxygen atoms in total. The Kier molecular flexibility index (Phi) is 7.09. The van der Waals surface area contributed by atoms with Crippen LogP contribution in [-0.2, 0) is 17.6 Å². The van der Waals surface area contributed by atoms with Crippen LogP contribution in [-0.4, -0.2) is 47.0 Å². The first-order valence-corrected chi connectivity index (χ1v) is 9.77. The van der Waals surface area contributed by atoms with Gasteiger partial charge in [-0.3, -0.25) is 4.79 Å². The third-order valence-electron chi connectivity index (χ3n) is 5.05. The number of aromatic nitrogens is 2. The van der Waals surface area contributed by atoms with Crippen LogP contribution in [0.25, 0.3) is 0 Å². The van der Waals surface area contributed by atoms with E-state index in [0.717, 1.165) is 43.4 Å². The van der Waals surface area contributed by atoms with E-state index in [9.17, 15) is 4.79 Å². The van der Waals surface area contributed by atoms with Crippen molar-refractivity contribution in [3.63, 3.8) is 0 Å². The number of carbonyl (C=O) groups excluding carboxylic acids is 1. The summed E-state index contributed by atoms with van der Waals surface area (Å²) in [7, 11) is 0. The molecule has 1 aliphatic rings. The zero-order valence-corrected chi connectivity index (χ0v) is 15.8. The third kappa shape index (κ3) is 6.15. The zero-order valence-electron chi connectivity index (χ0n) is 15.1. The lowest BCUT2D eigenvalue weighted by Gasteiger charge is -2.15. The molecule has 1 atom stereocenters. The molecule has 1 aromatic carbocycles. The zero-order chi connectivity index (χ0) is 18.2. The van der Waals surface area contributed by atoms with Gasteiger partial charge in [-0.25, -0.2) is 4.98 Å². The first-order chi connectivity index (χ1) is 12.7. The number of nitrogens with one attached hydrogen (secondary N) is 2. The summed E-state index contributed by atoms with van der Waals surface area (Å²) in [5.74, 6) is 0.867. The van der Waals surface area contributed by atoms with Crippen LogP contribution < -0.4 is 5.32 Å². The van der Waals surface area contributed by atoms with Gasteiger partial charge in [-0.05, 0) is 55.8 Å². The Hall–Kier alpha value is -1.85. The summed E-state index contributed by atoms with van der Waals surface area (Å²) in [6.45, 7) is 3.73. The number of imidazole rings is 1. The minimum Gasteiger partial charge on any atom is -0.356 e. The first kappa shape index (κ1) is 18.9. The maximum Gasteiger partial charge on any atom is 0.221 e. The largest absolute Gasteiger partial charge is 0.356 e. The van der Waals surface area contributed by atoms with Gasteiger partial charge in [0.1, 0.15) is 0 Å². The minimum atomic E-state index is 0.139. The molecule has 1 amide bonds. The van der Waals surface area contributed by atoms with Crippen molar-refractivity contribution in [2.75, 3.05) is 26.2 Å². The summed E-state index contributed by atoms with van der Waals surface area (Å²) >= 11 is 5.88. The van der Waals surface area contributed by atoms with Crippen molar-refractivity contribution in [2.45, 2.75) is 32.1 Å². The average Bonchev–Trinajstić information content (AvgIpc) is 3.31. The first-order valence-electron chi connectivity index (χ1n) is 9.40. The summed E-state index contributed by atoms with van der Waals surface area (Å²) < 4.78 is 0. The fourth-order valence-electron chi connectivity index (χ4n) is 3.48. The number of amides is 1. The Labute approximate surface area is 160 Å². The quantitative estimate of drug-likeness (QED) is 0.709. The molecule has 3 rings (SSSR count). The van der Waals surface area contributed by atoms with Gasteiger partial charge in [0.05, 0.1) is 6.33 Å². The second kappa shape index (κ2) is 9.74. The number of benzene rings is 1. The van der Waals surface area contributed by atoms with Crippen molar-refractivity contribution in [1.29, 1.82) is 0 Å². The summed E-state index contributed by atoms with van der Waals surface area (Å²) in [4.78, 5) is 21.7. The van der Waals surface area contributed by atoms with E-state index in [1.165, 1.54) is 24.1 Å². The second-order valence-corrected chi connectivity index (χ2v) is 7.48. The van der Waals surface area contributed by atoms with E-state index < -0.39 is 0 Å². The molecule has 0 aliphatic carbocycles. The molecule has 0 radical (unpaired) electrons. The highest BCUT2D eigenvalue weighted by atomic mass is 35.5. The monoisotopic (exact) mass is 374 g/mol. The summed E-state index contributed by atoms with van der Waals surface area (Å²) in [5, 5.41) is 3.76. The topological polar surface area (TPSA) is 61.0 Å². The van der Waals surface area contributed by atoms with Gasteiger partial charge < -0.3 is 15.2 Å². The van der Waals surface area contributed by atoms with Crippen molar-refractivity contribution in [3.8, 4) is 0 Å². The van der Waals surface area contributed by atoms with E-state index in [2.05, 4.69) is 20.2 Å². The molecular weight excluding hydrogens is 348 g/mol. The summed E-state index contributed by atoms with van der Waals surface area (Å²) in [6, 6.07) is 7.77. The Morgan fingerprint density at radius 1 is 1.31 bits per heavy atom. The molecule has 0 bridgehead atoms. The number of aromatic amines is 1. The van der Waals surface area contributed by atoms with Gasteiger partial charge in [0.25, 0.3) is 0 Å². The maximum absolute atomic E-state index is 12.0. The Morgan fingerprint density at radius 3 is 2.92 bits per heavy atom. The molecule has 2 heterocycles. The molecule has 1 aromatic heterocycles. The number of halogens is 1. The van der Waals surface area contributed by atoms with E-state index >= 15 is 0 Å². The second-order valence-electron chi connectivity index (χ2n) is 7.05. The number of carbonyl (C=O) groups is 1. The molecule has 1 fully saturated rings. The van der Waals surface area contributed by atoms with Crippen LogP contribution in [0.5, 0.6) is 0 Å². The standard InChI is InChI=1S/C20H27ClN4O/c21-18-4-1-16(2-5-18)7-10-23-20(26)9-12-25-11-8-17(14-25)3-6-19-13-22-15-24-19/h1-2,4-5,13,15,17H,3,6-12,14H2,(H,22,24)(H,23,26). The van der Waals surface area contributed by atoms with E-state index in [1.54, 1.807) is 6.33 Å². The minimum absolute atomic E-state index is 0.139. The van der Waals surface area contributed by atoms with Crippen LogP contribution >= 0.6 is 11.6 Å². The Balaban J connectivity index is 1.27. The van der Waals surface area contributed by atoms with E-state index in [4.69, 9.17) is 11.6 Å². The Morgan fingerprint density at radius 2 is 2.15 bits per heavy atom. The third-order valence-corrected chi connectivity index (χ3v) is 5.30. The van der Waals surface area contributed by atoms with Gasteiger partial charge in [0.15, 0.2) is 0 Å². The SMILES string of the molecule is O=C(CCN1CCC(CCc2cnc[nH]2)C1)NCCc1ccc(Cl)cc1. The molecule has 1 saturated heterocycles. The van der Waals surface area contributed by atoms with Gasteiger partial charge in [0, 0.05) is 43.0 Å². The van der Waals surface area contributed by atoms with Crippen LogP contribution in [0.4, 0.5) is 0 Å². The fourth-order valence-corrected chi connectivity index (χ4v) is 3.60. The lowest BCUT2D eigenvalue weighted by Crippen LogP contribution is -2.31. The number of rotatable bonds is 9. The molecule has 2 aromatic rings. The van der Waals surface area contributed by atoms with Gasteiger partial charge >= 0.3 is 0 Å². The lowest BCUT2D eigenvalue weighted by atomic mass is 10.0. The van der Waals surface area contributed by atoms with Gasteiger partial charge in [0.2, 0.25) is 5.91 Å². The summed E-state index contributed by atoms with van der Waals surface area (Å²) in [6.07, 6.45) is 8.53. The fraction of sp³-hybridized carbons (Fsp3) is 0.500. The maximum atomic E-state index is 12.0. The van der Waals surface area contributed by atoms with Gasteiger partial charge in [-0.15, -0.1) is 0 Å². The predicted molar refractivity (Wildman–Crippen MR) is 104 cm³/mol. The molecule has 140 valence electrons. The molecule has 1 aliphatic heterocycles. The number of likely N-dealkylation sites (tertiary alicyclic amines) is 1. The van der Waals surface area contributed by atoms with E-state index in [0.29, 0.717) is 13.0 Å². The number of hydrogen-bond donors (Lipinski definition) is 2. The molecular formula is C20H27ClN4O. The van der Waals surface area contributed by atoms with Crippen molar-refractivity contribution >= 4 is 17.5 Å². The number of H-pyrrole nitrogens is 1. The van der Waals surface area contributed by atoms with Crippen LogP contribution in [0.3, 0.4) is 0 Å². The summed E-state index contributed by atoms with van der Waals surface area (Å²) in [5.41, 5.74) is 2.40. The highest BCUT2D eigenvalue weighted by Gasteiger charge is 2.22. The van der Waals surface area contributed by atoms with Crippen LogP contribution in [0.2, 0.25) is 5.02 Å². The molecule has 0 saturated carbocycles. The van der Waals surface area contributed by atoms with Crippen molar-refractivity contribution in [1.82, 2.24) is 20.2 Å². The molecule has 6 heteroatoms. The number of aryl methyl sites for hydroxylation is 1. The highest BCUT2D eigenvalue weighted by Crippen LogP contribution is 2.21. The molecule has 2 N–H and O–H groups in total. The van der Waals surface area contributed by atoms with Crippen LogP contribution in [0.15, 0.2) is 36.8 Å². The smallest absolute Gasteiger partial charge is 0.221 e. The van der Waals surface area contributed by atoms with Crippen molar-refractivity contribution < 1.29 is 4.79 Å². The van der Waals surface area contributed by atoms with Crippen molar-refractivity contribution in [2.24, 2.45) is 5.92 Å². The van der Waals surface area contributed by atoms with Gasteiger partial charge in [-0.2, -0.15) is 0 Å². The normalized spacial score (nSPS) is 17.5. The number of nitrogens with zero attached hydrogens (tertiary/aromatic N) is 2. The van der Waals surface area contributed by atoms with Gasteiger partial charge in [-0.1, -0.05) is 23.7 Å². The van der Waals surface area contributed by atoms with Crippen LogP contribution in [0.1, 0.15) is 30.5 Å². The number of hydrogen-bond acceptors (Lipinski definition) is 3. The Bertz CT molecular complexity index is 672. The van der Waals surface area contributed by atoms with Crippen molar-refractivity contribution in [3.05, 3.63) is 53.1 Å². The van der Waals surface area contributed by atoms with E-state index in [-0.39, 0.29) is 5.91 Å². The van der Waals surface area contributed by atoms with Crippen LogP contribution in [0, 0.1) is 5.92 Å². The van der Waals surface area contributed by atoms with E-state index in [1.807, 2.05) is 30.5 Å². The predicted octanol–water partition coefficient (Wildman–Crippen LogP) is 3.07. The molecule has 26 heavy (non-hydrogen) atoms. The molecule has 0 spiro atoms.